The maximum atomic E-state index is 12.2. The van der Waals surface area contributed by atoms with E-state index in [9.17, 15) is 4.21 Å². The summed E-state index contributed by atoms with van der Waals surface area (Å²) >= 11 is 0. The predicted octanol–water partition coefficient (Wildman–Crippen LogP) is 2.97. The van der Waals surface area contributed by atoms with Crippen LogP contribution in [0.3, 0.4) is 0 Å². The highest BCUT2D eigenvalue weighted by molar-refractivity contribution is 7.85. The average Bonchev–Trinajstić information content (AvgIpc) is 2.98. The second kappa shape index (κ2) is 6.99. The van der Waals surface area contributed by atoms with Gasteiger partial charge in [-0.2, -0.15) is 0 Å². The lowest BCUT2D eigenvalue weighted by Gasteiger charge is -2.41. The second-order valence-corrected chi connectivity index (χ2v) is 8.37. The fraction of sp³-hybridized carbons (Fsp3) is 0.647. The Kier molecular flexibility index (Phi) is 4.99. The van der Waals surface area contributed by atoms with Gasteiger partial charge in [-0.05, 0) is 30.7 Å². The topological polar surface area (TPSA) is 61.9 Å². The molecule has 1 aliphatic carbocycles. The highest BCUT2D eigenvalue weighted by atomic mass is 32.2. The molecule has 1 aliphatic rings. The van der Waals surface area contributed by atoms with Crippen LogP contribution >= 0.6 is 0 Å². The number of nitrogens with one attached hydrogen (secondary N) is 1. The molecule has 126 valence electrons. The standard InChI is InChI=1S/C17H26N4OS/c1-4-12(2)9-23(22)10-13-7-14(8-13)21(3)17-15-5-6-18-16(15)19-11-20-17/h5-6,11-14H,4,7-10H2,1-3H3,(H,18,19,20)/t12-,13?,14?,23?/m1/s1. The van der Waals surface area contributed by atoms with Crippen LogP contribution in [0.5, 0.6) is 0 Å². The largest absolute Gasteiger partial charge is 0.356 e. The van der Waals surface area contributed by atoms with Crippen LogP contribution in [-0.2, 0) is 10.8 Å². The van der Waals surface area contributed by atoms with E-state index in [1.165, 1.54) is 0 Å². The molecule has 0 spiro atoms. The van der Waals surface area contributed by atoms with Crippen LogP contribution in [0.15, 0.2) is 18.6 Å². The third-order valence-corrected chi connectivity index (χ3v) is 6.80. The minimum Gasteiger partial charge on any atom is -0.356 e. The molecule has 2 atom stereocenters. The molecule has 23 heavy (non-hydrogen) atoms. The Bertz CT molecular complexity index is 680. The van der Waals surface area contributed by atoms with Crippen LogP contribution in [0.2, 0.25) is 0 Å². The molecule has 0 bridgehead atoms. The molecule has 6 heteroatoms. The third-order valence-electron chi connectivity index (χ3n) is 5.01. The fourth-order valence-corrected chi connectivity index (χ4v) is 5.04. The molecule has 0 aromatic carbocycles. The Balaban J connectivity index is 1.55. The molecule has 2 aromatic heterocycles. The normalized spacial score (nSPS) is 23.4. The zero-order valence-corrected chi connectivity index (χ0v) is 15.0. The SMILES string of the molecule is CC[C@@H](C)CS(=O)CC1CC(N(C)c2ncnc3[nH]ccc23)C1. The number of nitrogens with zero attached hydrogens (tertiary/aromatic N) is 3. The number of hydrogen-bond donors (Lipinski definition) is 1. The highest BCUT2D eigenvalue weighted by Gasteiger charge is 2.34. The minimum atomic E-state index is -0.666. The molecule has 2 heterocycles. The van der Waals surface area contributed by atoms with E-state index in [1.54, 1.807) is 6.33 Å². The third kappa shape index (κ3) is 3.57. The van der Waals surface area contributed by atoms with Gasteiger partial charge in [-0.1, -0.05) is 20.3 Å². The van der Waals surface area contributed by atoms with Crippen molar-refractivity contribution in [3.05, 3.63) is 18.6 Å². The molecule has 1 N–H and O–H groups in total. The van der Waals surface area contributed by atoms with Crippen molar-refractivity contribution in [2.45, 2.75) is 39.2 Å². The first-order valence-corrected chi connectivity index (χ1v) is 9.93. The molecule has 1 fully saturated rings. The van der Waals surface area contributed by atoms with Gasteiger partial charge in [-0.15, -0.1) is 0 Å². The number of aromatic nitrogens is 3. The summed E-state index contributed by atoms with van der Waals surface area (Å²) in [5.74, 6) is 3.86. The Labute approximate surface area is 140 Å². The van der Waals surface area contributed by atoms with Crippen molar-refractivity contribution >= 4 is 27.7 Å². The van der Waals surface area contributed by atoms with E-state index in [0.717, 1.165) is 47.6 Å². The molecular weight excluding hydrogens is 308 g/mol. The Morgan fingerprint density at radius 2 is 2.22 bits per heavy atom. The van der Waals surface area contributed by atoms with Gasteiger partial charge in [0.15, 0.2) is 0 Å². The van der Waals surface area contributed by atoms with Gasteiger partial charge in [0.25, 0.3) is 0 Å². The van der Waals surface area contributed by atoms with Crippen LogP contribution in [0.4, 0.5) is 5.82 Å². The number of aromatic amines is 1. The molecule has 0 amide bonds. The van der Waals surface area contributed by atoms with Crippen molar-refractivity contribution in [3.8, 4) is 0 Å². The lowest BCUT2D eigenvalue weighted by molar-refractivity contribution is 0.284. The number of H-pyrrole nitrogens is 1. The molecule has 0 saturated heterocycles. The summed E-state index contributed by atoms with van der Waals surface area (Å²) in [5.41, 5.74) is 0.882. The van der Waals surface area contributed by atoms with Crippen molar-refractivity contribution in [2.24, 2.45) is 11.8 Å². The molecule has 5 nitrogen and oxygen atoms in total. The fourth-order valence-electron chi connectivity index (χ4n) is 3.23. The Morgan fingerprint density at radius 1 is 1.43 bits per heavy atom. The van der Waals surface area contributed by atoms with Gasteiger partial charge in [0.1, 0.15) is 17.8 Å². The monoisotopic (exact) mass is 334 g/mol. The van der Waals surface area contributed by atoms with Crippen LogP contribution in [-0.4, -0.2) is 43.8 Å². The average molecular weight is 334 g/mol. The van der Waals surface area contributed by atoms with E-state index >= 15 is 0 Å². The van der Waals surface area contributed by atoms with Crippen molar-refractivity contribution in [2.75, 3.05) is 23.5 Å². The molecule has 3 rings (SSSR count). The maximum Gasteiger partial charge on any atom is 0.142 e. The summed E-state index contributed by atoms with van der Waals surface area (Å²) in [6.45, 7) is 4.35. The lowest BCUT2D eigenvalue weighted by Crippen LogP contribution is -2.45. The minimum absolute atomic E-state index is 0.494. The number of hydrogen-bond acceptors (Lipinski definition) is 4. The first-order chi connectivity index (χ1) is 11.1. The first-order valence-electron chi connectivity index (χ1n) is 8.44. The van der Waals surface area contributed by atoms with Crippen LogP contribution in [0, 0.1) is 11.8 Å². The van der Waals surface area contributed by atoms with E-state index in [2.05, 4.69) is 40.7 Å². The van der Waals surface area contributed by atoms with Crippen molar-refractivity contribution < 1.29 is 4.21 Å². The quantitative estimate of drug-likeness (QED) is 0.845. The zero-order chi connectivity index (χ0) is 16.4. The van der Waals surface area contributed by atoms with Crippen LogP contribution < -0.4 is 4.90 Å². The Hall–Kier alpha value is -1.43. The van der Waals surface area contributed by atoms with E-state index < -0.39 is 10.8 Å². The van der Waals surface area contributed by atoms with Gasteiger partial charge < -0.3 is 9.88 Å². The first kappa shape index (κ1) is 16.4. The maximum absolute atomic E-state index is 12.2. The molecule has 1 saturated carbocycles. The summed E-state index contributed by atoms with van der Waals surface area (Å²) < 4.78 is 12.2. The predicted molar refractivity (Wildman–Crippen MR) is 96.1 cm³/mol. The molecule has 0 aliphatic heterocycles. The second-order valence-electron chi connectivity index (χ2n) is 6.83. The number of anilines is 1. The van der Waals surface area contributed by atoms with Gasteiger partial charge in [0.05, 0.1) is 5.39 Å². The van der Waals surface area contributed by atoms with E-state index in [4.69, 9.17) is 0 Å². The molecule has 2 aromatic rings. The highest BCUT2D eigenvalue weighted by Crippen LogP contribution is 2.35. The van der Waals surface area contributed by atoms with Gasteiger partial charge in [-0.25, -0.2) is 9.97 Å². The van der Waals surface area contributed by atoms with Gasteiger partial charge in [-0.3, -0.25) is 4.21 Å². The van der Waals surface area contributed by atoms with Crippen molar-refractivity contribution in [3.63, 3.8) is 0 Å². The number of fused-ring (bicyclic) bond motifs is 1. The van der Waals surface area contributed by atoms with Gasteiger partial charge in [0.2, 0.25) is 0 Å². The summed E-state index contributed by atoms with van der Waals surface area (Å²) in [6, 6.07) is 2.52. The van der Waals surface area contributed by atoms with E-state index in [-0.39, 0.29) is 0 Å². The van der Waals surface area contributed by atoms with Crippen LogP contribution in [0.25, 0.3) is 11.0 Å². The lowest BCUT2D eigenvalue weighted by atomic mass is 9.81. The summed E-state index contributed by atoms with van der Waals surface area (Å²) in [4.78, 5) is 14.1. The van der Waals surface area contributed by atoms with Gasteiger partial charge in [0, 0.05) is 41.6 Å². The van der Waals surface area contributed by atoms with Crippen LogP contribution in [0.1, 0.15) is 33.1 Å². The molecule has 1 unspecified atom stereocenters. The van der Waals surface area contributed by atoms with E-state index in [1.807, 2.05) is 12.3 Å². The van der Waals surface area contributed by atoms with Crippen molar-refractivity contribution in [1.82, 2.24) is 15.0 Å². The van der Waals surface area contributed by atoms with Crippen molar-refractivity contribution in [1.29, 1.82) is 0 Å². The summed E-state index contributed by atoms with van der Waals surface area (Å²) in [6.07, 6.45) is 6.85. The summed E-state index contributed by atoms with van der Waals surface area (Å²) in [7, 11) is 1.44. The van der Waals surface area contributed by atoms with Gasteiger partial charge >= 0.3 is 0 Å². The summed E-state index contributed by atoms with van der Waals surface area (Å²) in [5, 5.41) is 1.07. The molecule has 0 radical (unpaired) electrons. The number of rotatable bonds is 7. The smallest absolute Gasteiger partial charge is 0.142 e. The zero-order valence-electron chi connectivity index (χ0n) is 14.2. The molecular formula is C17H26N4OS. The van der Waals surface area contributed by atoms with E-state index in [0.29, 0.717) is 17.9 Å². The Morgan fingerprint density at radius 3 is 2.96 bits per heavy atom.